The van der Waals surface area contributed by atoms with Crippen molar-refractivity contribution in [2.45, 2.75) is 19.4 Å². The van der Waals surface area contributed by atoms with E-state index in [1.807, 2.05) is 6.92 Å². The van der Waals surface area contributed by atoms with Crippen LogP contribution in [0.4, 0.5) is 0 Å². The molecule has 0 aromatic rings. The van der Waals surface area contributed by atoms with Gasteiger partial charge < -0.3 is 15.3 Å². The van der Waals surface area contributed by atoms with Gasteiger partial charge in [-0.3, -0.25) is 9.59 Å². The highest BCUT2D eigenvalue weighted by Gasteiger charge is 2.27. The summed E-state index contributed by atoms with van der Waals surface area (Å²) in [5, 5.41) is 11.6. The number of halogens is 1. The topological polar surface area (TPSA) is 69.6 Å². The van der Waals surface area contributed by atoms with Crippen molar-refractivity contribution in [3.63, 3.8) is 0 Å². The predicted octanol–water partition coefficient (Wildman–Crippen LogP) is -0.297. The molecule has 0 spiro atoms. The number of carboxylic acid groups (broad SMARTS) is 1. The fraction of sp³-hybridized carbons (Fsp3) is 0.750. The number of nitrogens with one attached hydrogen (secondary N) is 1. The molecule has 1 heterocycles. The van der Waals surface area contributed by atoms with E-state index in [-0.39, 0.29) is 30.9 Å². The van der Waals surface area contributed by atoms with Crippen molar-refractivity contribution in [2.24, 2.45) is 0 Å². The Morgan fingerprint density at radius 2 is 2.36 bits per heavy atom. The first kappa shape index (κ1) is 13.2. The van der Waals surface area contributed by atoms with Crippen LogP contribution in [-0.2, 0) is 9.59 Å². The van der Waals surface area contributed by atoms with Gasteiger partial charge in [-0.15, -0.1) is 12.4 Å². The van der Waals surface area contributed by atoms with E-state index in [1.54, 1.807) is 0 Å². The summed E-state index contributed by atoms with van der Waals surface area (Å²) in [6, 6.07) is -0.201. The number of piperazine rings is 1. The smallest absolute Gasteiger partial charge is 0.323 e. The minimum absolute atomic E-state index is 0. The van der Waals surface area contributed by atoms with Gasteiger partial charge in [0, 0.05) is 13.1 Å². The van der Waals surface area contributed by atoms with E-state index in [1.165, 1.54) is 4.90 Å². The average molecular weight is 223 g/mol. The highest BCUT2D eigenvalue weighted by atomic mass is 35.5. The van der Waals surface area contributed by atoms with Gasteiger partial charge in [-0.25, -0.2) is 0 Å². The molecule has 0 bridgehead atoms. The highest BCUT2D eigenvalue weighted by molar-refractivity contribution is 5.86. The van der Waals surface area contributed by atoms with Crippen molar-refractivity contribution in [3.8, 4) is 0 Å². The molecule has 0 radical (unpaired) electrons. The number of aliphatic carboxylic acids is 1. The third-order valence-electron chi connectivity index (χ3n) is 2.12. The lowest BCUT2D eigenvalue weighted by Crippen LogP contribution is -2.55. The van der Waals surface area contributed by atoms with Crippen LogP contribution in [0.15, 0.2) is 0 Å². The zero-order chi connectivity index (χ0) is 9.84. The average Bonchev–Trinajstić information content (AvgIpc) is 2.08. The van der Waals surface area contributed by atoms with E-state index in [0.29, 0.717) is 19.5 Å². The van der Waals surface area contributed by atoms with Gasteiger partial charge in [0.25, 0.3) is 0 Å². The Kier molecular flexibility index (Phi) is 5.49. The van der Waals surface area contributed by atoms with Crippen LogP contribution in [0, 0.1) is 0 Å². The van der Waals surface area contributed by atoms with Gasteiger partial charge in [0.15, 0.2) is 0 Å². The second-order valence-corrected chi connectivity index (χ2v) is 3.07. The normalized spacial score (nSPS) is 21.6. The molecule has 6 heteroatoms. The third kappa shape index (κ3) is 3.16. The van der Waals surface area contributed by atoms with E-state index < -0.39 is 5.97 Å². The molecular formula is C8H15ClN2O3. The van der Waals surface area contributed by atoms with E-state index in [4.69, 9.17) is 5.11 Å². The molecule has 1 aliphatic heterocycles. The minimum Gasteiger partial charge on any atom is -0.480 e. The fourth-order valence-electron chi connectivity index (χ4n) is 1.43. The lowest BCUT2D eigenvalue weighted by Gasteiger charge is -2.31. The number of hydrogen-bond acceptors (Lipinski definition) is 3. The van der Waals surface area contributed by atoms with E-state index >= 15 is 0 Å². The van der Waals surface area contributed by atoms with Crippen molar-refractivity contribution in [1.82, 2.24) is 10.2 Å². The number of hydrogen-bond donors (Lipinski definition) is 2. The lowest BCUT2D eigenvalue weighted by molar-refractivity contribution is -0.146. The van der Waals surface area contributed by atoms with Gasteiger partial charge in [0.1, 0.15) is 6.54 Å². The van der Waals surface area contributed by atoms with Crippen LogP contribution in [-0.4, -0.2) is 47.6 Å². The number of amides is 1. The number of nitrogens with zero attached hydrogens (tertiary/aromatic N) is 1. The van der Waals surface area contributed by atoms with Crippen LogP contribution < -0.4 is 5.32 Å². The fourth-order valence-corrected chi connectivity index (χ4v) is 1.43. The van der Waals surface area contributed by atoms with Crippen LogP contribution in [0.2, 0.25) is 0 Å². The first-order valence-corrected chi connectivity index (χ1v) is 4.39. The maximum Gasteiger partial charge on any atom is 0.323 e. The van der Waals surface area contributed by atoms with Gasteiger partial charge in [0.05, 0.1) is 6.04 Å². The predicted molar refractivity (Wildman–Crippen MR) is 53.5 cm³/mol. The Bertz CT molecular complexity index is 223. The van der Waals surface area contributed by atoms with Gasteiger partial charge in [0.2, 0.25) is 5.91 Å². The monoisotopic (exact) mass is 222 g/mol. The molecule has 1 saturated heterocycles. The molecule has 1 amide bonds. The van der Waals surface area contributed by atoms with Crippen LogP contribution in [0.5, 0.6) is 0 Å². The van der Waals surface area contributed by atoms with Crippen molar-refractivity contribution in [2.75, 3.05) is 19.6 Å². The molecule has 1 aliphatic rings. The second kappa shape index (κ2) is 5.82. The molecule has 82 valence electrons. The number of carbonyl (C=O) groups excluding carboxylic acids is 1. The van der Waals surface area contributed by atoms with E-state index in [2.05, 4.69) is 5.32 Å². The maximum atomic E-state index is 11.5. The van der Waals surface area contributed by atoms with Gasteiger partial charge in [-0.1, -0.05) is 6.92 Å². The molecule has 0 aromatic heterocycles. The quantitative estimate of drug-likeness (QED) is 0.688. The van der Waals surface area contributed by atoms with Crippen LogP contribution >= 0.6 is 12.4 Å². The first-order chi connectivity index (χ1) is 6.15. The summed E-state index contributed by atoms with van der Waals surface area (Å²) in [5.74, 6) is -1.05. The number of carbonyl (C=O) groups is 2. The molecule has 14 heavy (non-hydrogen) atoms. The lowest BCUT2D eigenvalue weighted by atomic mass is 10.1. The molecule has 0 saturated carbocycles. The van der Waals surface area contributed by atoms with Crippen LogP contribution in [0.3, 0.4) is 0 Å². The molecule has 1 fully saturated rings. The summed E-state index contributed by atoms with van der Waals surface area (Å²) in [4.78, 5) is 23.3. The Labute approximate surface area is 88.9 Å². The summed E-state index contributed by atoms with van der Waals surface area (Å²) in [6.07, 6.45) is 0.703. The number of rotatable bonds is 3. The standard InChI is InChI=1S/C8H14N2O3.ClH/c1-2-6-8(13)10(4-3-9-6)5-7(11)12;/h6,9H,2-5H2,1H3,(H,11,12);1H. The maximum absolute atomic E-state index is 11.5. The highest BCUT2D eigenvalue weighted by Crippen LogP contribution is 2.03. The van der Waals surface area contributed by atoms with Gasteiger partial charge in [-0.05, 0) is 6.42 Å². The van der Waals surface area contributed by atoms with Crippen LogP contribution in [0.25, 0.3) is 0 Å². The summed E-state index contributed by atoms with van der Waals surface area (Å²) in [6.45, 7) is 2.88. The third-order valence-corrected chi connectivity index (χ3v) is 2.12. The Hall–Kier alpha value is -0.810. The molecule has 1 rings (SSSR count). The first-order valence-electron chi connectivity index (χ1n) is 4.39. The SMILES string of the molecule is CCC1NCCN(CC(=O)O)C1=O.Cl. The molecular weight excluding hydrogens is 208 g/mol. The van der Waals surface area contributed by atoms with E-state index in [9.17, 15) is 9.59 Å². The van der Waals surface area contributed by atoms with Crippen molar-refractivity contribution < 1.29 is 14.7 Å². The van der Waals surface area contributed by atoms with Gasteiger partial charge in [-0.2, -0.15) is 0 Å². The molecule has 2 N–H and O–H groups in total. The Balaban J connectivity index is 0.00000169. The minimum atomic E-state index is -0.954. The zero-order valence-corrected chi connectivity index (χ0v) is 8.84. The molecule has 0 aliphatic carbocycles. The van der Waals surface area contributed by atoms with Crippen molar-refractivity contribution >= 4 is 24.3 Å². The van der Waals surface area contributed by atoms with Crippen molar-refractivity contribution in [3.05, 3.63) is 0 Å². The molecule has 1 unspecified atom stereocenters. The summed E-state index contributed by atoms with van der Waals surface area (Å²) >= 11 is 0. The van der Waals surface area contributed by atoms with E-state index in [0.717, 1.165) is 0 Å². The molecule has 1 atom stereocenters. The summed E-state index contributed by atoms with van der Waals surface area (Å²) in [5.41, 5.74) is 0. The largest absolute Gasteiger partial charge is 0.480 e. The van der Waals surface area contributed by atoms with Gasteiger partial charge >= 0.3 is 5.97 Å². The Morgan fingerprint density at radius 1 is 1.71 bits per heavy atom. The van der Waals surface area contributed by atoms with Crippen LogP contribution in [0.1, 0.15) is 13.3 Å². The summed E-state index contributed by atoms with van der Waals surface area (Å²) in [7, 11) is 0. The molecule has 0 aromatic carbocycles. The number of carboxylic acids is 1. The zero-order valence-electron chi connectivity index (χ0n) is 8.02. The Morgan fingerprint density at radius 3 is 2.86 bits per heavy atom. The molecule has 5 nitrogen and oxygen atoms in total. The summed E-state index contributed by atoms with van der Waals surface area (Å²) < 4.78 is 0. The van der Waals surface area contributed by atoms with Crippen molar-refractivity contribution in [1.29, 1.82) is 0 Å². The second-order valence-electron chi connectivity index (χ2n) is 3.07.